The Bertz CT molecular complexity index is 1800. The molecule has 3 aromatic heterocycles. The minimum Gasteiger partial charge on any atom is -0.456 e. The number of nitrogens with one attached hydrogen (secondary N) is 1. The molecule has 0 aliphatic carbocycles. The number of nitrogens with zero attached hydrogens (tertiary/aromatic N) is 6. The molecule has 2 aliphatic rings. The average Bonchev–Trinajstić information content (AvgIpc) is 3.59. The molecule has 11 heteroatoms. The van der Waals surface area contributed by atoms with Crippen molar-refractivity contribution in [3.05, 3.63) is 99.2 Å². The van der Waals surface area contributed by atoms with Crippen molar-refractivity contribution in [2.45, 2.75) is 32.5 Å². The lowest BCUT2D eigenvalue weighted by molar-refractivity contribution is 0.0703. The second-order valence-corrected chi connectivity index (χ2v) is 10.2. The molecule has 202 valence electrons. The number of halogens is 1. The van der Waals surface area contributed by atoms with Gasteiger partial charge < -0.3 is 13.9 Å². The van der Waals surface area contributed by atoms with Gasteiger partial charge in [-0.3, -0.25) is 14.5 Å². The summed E-state index contributed by atoms with van der Waals surface area (Å²) in [7, 11) is 0. The van der Waals surface area contributed by atoms with Crippen molar-refractivity contribution < 1.29 is 13.6 Å². The van der Waals surface area contributed by atoms with Crippen LogP contribution in [0.1, 0.15) is 39.6 Å². The van der Waals surface area contributed by atoms with E-state index in [1.165, 1.54) is 12.5 Å². The predicted octanol–water partition coefficient (Wildman–Crippen LogP) is 3.37. The Kier molecular flexibility index (Phi) is 6.00. The standard InChI is InChI=1S/C29H26FN7O3/c30-23-8-6-18(15-24-20-4-1-2-5-21(20)28(38)34-31-24)14-22(23)29(39)36-12-13-37-26(17-36)32-33-27(37)25-9-7-19(40-25)16-35-10-3-11-35/h1-2,4-9,14H,3,10-13,15-17H2,(H,34,38). The van der Waals surface area contributed by atoms with E-state index in [0.717, 1.165) is 30.8 Å². The molecule has 0 spiro atoms. The summed E-state index contributed by atoms with van der Waals surface area (Å²) < 4.78 is 22.9. The van der Waals surface area contributed by atoms with Gasteiger partial charge >= 0.3 is 0 Å². The second kappa shape index (κ2) is 9.83. The van der Waals surface area contributed by atoms with E-state index in [1.807, 2.05) is 28.8 Å². The fraction of sp³-hybridized carbons (Fsp3) is 0.276. The molecule has 0 saturated carbocycles. The lowest BCUT2D eigenvalue weighted by Gasteiger charge is -2.29. The number of aromatic amines is 1. The van der Waals surface area contributed by atoms with E-state index < -0.39 is 11.7 Å². The SMILES string of the molecule is O=C(c1cc(Cc2n[nH]c(=O)c3ccccc23)ccc1F)N1CCn2c(nnc2-c2ccc(CN3CCC3)o2)C1. The minimum absolute atomic E-state index is 0.0129. The van der Waals surface area contributed by atoms with Crippen molar-refractivity contribution >= 4 is 16.7 Å². The Morgan fingerprint density at radius 1 is 1.00 bits per heavy atom. The zero-order chi connectivity index (χ0) is 27.2. The number of H-pyrrole nitrogens is 1. The maximum Gasteiger partial charge on any atom is 0.272 e. The van der Waals surface area contributed by atoms with Gasteiger partial charge in [0.15, 0.2) is 17.4 Å². The molecule has 1 amide bonds. The number of carbonyl (C=O) groups excluding carboxylic acids is 1. The normalized spacial score (nSPS) is 15.3. The number of aromatic nitrogens is 5. The molecule has 40 heavy (non-hydrogen) atoms. The van der Waals surface area contributed by atoms with Crippen molar-refractivity contribution in [2.75, 3.05) is 19.6 Å². The predicted molar refractivity (Wildman–Crippen MR) is 144 cm³/mol. The Balaban J connectivity index is 1.10. The average molecular weight is 540 g/mol. The number of benzene rings is 2. The summed E-state index contributed by atoms with van der Waals surface area (Å²) in [5.74, 6) is 1.79. The van der Waals surface area contributed by atoms with E-state index in [0.29, 0.717) is 53.6 Å². The number of hydrogen-bond donors (Lipinski definition) is 1. The highest BCUT2D eigenvalue weighted by Crippen LogP contribution is 2.26. The fourth-order valence-electron chi connectivity index (χ4n) is 5.37. The van der Waals surface area contributed by atoms with Crippen LogP contribution in [0, 0.1) is 5.82 Å². The Morgan fingerprint density at radius 2 is 1.85 bits per heavy atom. The smallest absolute Gasteiger partial charge is 0.272 e. The van der Waals surface area contributed by atoms with Gasteiger partial charge in [-0.25, -0.2) is 9.49 Å². The molecular weight excluding hydrogens is 513 g/mol. The quantitative estimate of drug-likeness (QED) is 0.352. The molecule has 7 rings (SSSR count). The van der Waals surface area contributed by atoms with Gasteiger partial charge in [-0.15, -0.1) is 10.2 Å². The highest BCUT2D eigenvalue weighted by Gasteiger charge is 2.28. The van der Waals surface area contributed by atoms with Gasteiger partial charge in [-0.1, -0.05) is 24.3 Å². The molecule has 1 saturated heterocycles. The molecule has 0 radical (unpaired) electrons. The van der Waals surface area contributed by atoms with Gasteiger partial charge in [-0.05, 0) is 55.4 Å². The fourth-order valence-corrected chi connectivity index (χ4v) is 5.37. The molecule has 0 atom stereocenters. The molecule has 5 aromatic rings. The van der Waals surface area contributed by atoms with Crippen LogP contribution in [-0.4, -0.2) is 60.3 Å². The maximum atomic E-state index is 14.9. The van der Waals surface area contributed by atoms with Crippen molar-refractivity contribution in [1.82, 2.24) is 34.8 Å². The molecule has 10 nitrogen and oxygen atoms in total. The number of likely N-dealkylation sites (tertiary alicyclic amines) is 1. The summed E-state index contributed by atoms with van der Waals surface area (Å²) in [5.41, 5.74) is 1.07. The minimum atomic E-state index is -0.592. The molecule has 2 aliphatic heterocycles. The Labute approximate surface area is 228 Å². The largest absolute Gasteiger partial charge is 0.456 e. The summed E-state index contributed by atoms with van der Waals surface area (Å²) in [5, 5.41) is 16.6. The molecule has 1 fully saturated rings. The molecule has 0 bridgehead atoms. The summed E-state index contributed by atoms with van der Waals surface area (Å²) in [6, 6.07) is 15.6. The number of hydrogen-bond acceptors (Lipinski definition) is 7. The first-order chi connectivity index (χ1) is 19.5. The number of furan rings is 1. The van der Waals surface area contributed by atoms with E-state index in [2.05, 4.69) is 25.3 Å². The van der Waals surface area contributed by atoms with Crippen LogP contribution in [0.2, 0.25) is 0 Å². The van der Waals surface area contributed by atoms with Gasteiger partial charge in [-0.2, -0.15) is 5.10 Å². The van der Waals surface area contributed by atoms with Gasteiger partial charge in [0.05, 0.1) is 29.7 Å². The number of rotatable bonds is 6. The maximum absolute atomic E-state index is 14.9. The lowest BCUT2D eigenvalue weighted by atomic mass is 10.0. The first-order valence-electron chi connectivity index (χ1n) is 13.3. The van der Waals surface area contributed by atoms with Crippen LogP contribution < -0.4 is 5.56 Å². The highest BCUT2D eigenvalue weighted by atomic mass is 19.1. The summed E-state index contributed by atoms with van der Waals surface area (Å²) in [4.78, 5) is 29.5. The van der Waals surface area contributed by atoms with Crippen LogP contribution >= 0.6 is 0 Å². The first-order valence-corrected chi connectivity index (χ1v) is 13.3. The van der Waals surface area contributed by atoms with E-state index in [1.54, 1.807) is 29.2 Å². The van der Waals surface area contributed by atoms with Crippen LogP contribution in [0.15, 0.2) is 63.8 Å². The molecule has 2 aromatic carbocycles. The van der Waals surface area contributed by atoms with Crippen LogP contribution in [0.4, 0.5) is 4.39 Å². The number of amides is 1. The summed E-state index contributed by atoms with van der Waals surface area (Å²) in [6.45, 7) is 4.02. The van der Waals surface area contributed by atoms with E-state index in [9.17, 15) is 14.0 Å². The van der Waals surface area contributed by atoms with Crippen molar-refractivity contribution in [3.63, 3.8) is 0 Å². The van der Waals surface area contributed by atoms with Gasteiger partial charge in [0.2, 0.25) is 0 Å². The van der Waals surface area contributed by atoms with Crippen LogP contribution in [0.3, 0.4) is 0 Å². The van der Waals surface area contributed by atoms with Crippen LogP contribution in [0.25, 0.3) is 22.4 Å². The summed E-state index contributed by atoms with van der Waals surface area (Å²) in [6.07, 6.45) is 1.55. The van der Waals surface area contributed by atoms with Crippen molar-refractivity contribution in [2.24, 2.45) is 0 Å². The Hall–Kier alpha value is -4.64. The van der Waals surface area contributed by atoms with E-state index >= 15 is 0 Å². The Morgan fingerprint density at radius 3 is 2.67 bits per heavy atom. The van der Waals surface area contributed by atoms with Crippen LogP contribution in [-0.2, 0) is 26.1 Å². The monoisotopic (exact) mass is 539 g/mol. The van der Waals surface area contributed by atoms with Gasteiger partial charge in [0, 0.05) is 24.9 Å². The number of carbonyl (C=O) groups is 1. The zero-order valence-electron chi connectivity index (χ0n) is 21.6. The second-order valence-electron chi connectivity index (χ2n) is 10.2. The third-order valence-corrected chi connectivity index (χ3v) is 7.66. The third-order valence-electron chi connectivity index (χ3n) is 7.66. The third kappa shape index (κ3) is 4.37. The molecule has 0 unspecified atom stereocenters. The highest BCUT2D eigenvalue weighted by molar-refractivity contribution is 5.94. The lowest BCUT2D eigenvalue weighted by Crippen LogP contribution is -2.39. The van der Waals surface area contributed by atoms with Crippen LogP contribution in [0.5, 0.6) is 0 Å². The first kappa shape index (κ1) is 24.4. The van der Waals surface area contributed by atoms with Crippen molar-refractivity contribution in [1.29, 1.82) is 0 Å². The zero-order valence-corrected chi connectivity index (χ0v) is 21.6. The van der Waals surface area contributed by atoms with Gasteiger partial charge in [0.25, 0.3) is 11.5 Å². The van der Waals surface area contributed by atoms with Crippen molar-refractivity contribution in [3.8, 4) is 11.6 Å². The molecular formula is C29H26FN7O3. The molecule has 5 heterocycles. The van der Waals surface area contributed by atoms with Gasteiger partial charge in [0.1, 0.15) is 11.6 Å². The summed E-state index contributed by atoms with van der Waals surface area (Å²) >= 11 is 0. The van der Waals surface area contributed by atoms with E-state index in [4.69, 9.17) is 4.42 Å². The molecule has 1 N–H and O–H groups in total. The topological polar surface area (TPSA) is 113 Å². The number of fused-ring (bicyclic) bond motifs is 2. The van der Waals surface area contributed by atoms with E-state index in [-0.39, 0.29) is 17.7 Å².